The third kappa shape index (κ3) is 1.66. The van der Waals surface area contributed by atoms with Gasteiger partial charge in [0.05, 0.1) is 11.4 Å². The summed E-state index contributed by atoms with van der Waals surface area (Å²) in [5.41, 5.74) is 9.31. The van der Waals surface area contributed by atoms with Gasteiger partial charge in [-0.05, 0) is 18.6 Å². The fourth-order valence-electron chi connectivity index (χ4n) is 2.46. The van der Waals surface area contributed by atoms with Crippen LogP contribution in [0, 0.1) is 18.3 Å². The zero-order valence-corrected chi connectivity index (χ0v) is 10.6. The molecular weight excluding hydrogens is 234 g/mol. The van der Waals surface area contributed by atoms with E-state index in [0.29, 0.717) is 11.4 Å². The molecule has 92 valence electrons. The van der Waals surface area contributed by atoms with Gasteiger partial charge >= 0.3 is 0 Å². The van der Waals surface area contributed by atoms with Gasteiger partial charge in [0.25, 0.3) is 0 Å². The highest BCUT2D eigenvalue weighted by atomic mass is 15.0. The zero-order valence-electron chi connectivity index (χ0n) is 10.6. The van der Waals surface area contributed by atoms with Crippen LogP contribution >= 0.6 is 0 Å². The van der Waals surface area contributed by atoms with Crippen LogP contribution in [0.25, 0.3) is 16.5 Å². The predicted molar refractivity (Wildman–Crippen MR) is 77.1 cm³/mol. The zero-order chi connectivity index (χ0) is 13.4. The molecule has 0 aliphatic carbocycles. The number of anilines is 1. The van der Waals surface area contributed by atoms with Crippen LogP contribution in [0.5, 0.6) is 0 Å². The summed E-state index contributed by atoms with van der Waals surface area (Å²) >= 11 is 0. The molecule has 1 aromatic heterocycles. The summed E-state index contributed by atoms with van der Waals surface area (Å²) in [6.07, 6.45) is 1.96. The van der Waals surface area contributed by atoms with Gasteiger partial charge < -0.3 is 10.3 Å². The summed E-state index contributed by atoms with van der Waals surface area (Å²) in [5, 5.41) is 11.4. The second kappa shape index (κ2) is 4.18. The molecule has 0 aliphatic rings. The Morgan fingerprint density at radius 1 is 1.11 bits per heavy atom. The van der Waals surface area contributed by atoms with Gasteiger partial charge in [0.1, 0.15) is 11.8 Å². The van der Waals surface area contributed by atoms with E-state index in [-0.39, 0.29) is 0 Å². The van der Waals surface area contributed by atoms with E-state index in [2.05, 4.69) is 6.07 Å². The molecule has 19 heavy (non-hydrogen) atoms. The topological polar surface area (TPSA) is 54.7 Å². The molecule has 1 heterocycles. The highest BCUT2D eigenvalue weighted by Crippen LogP contribution is 2.28. The van der Waals surface area contributed by atoms with Gasteiger partial charge in [0, 0.05) is 17.0 Å². The number of hydrogen-bond donors (Lipinski definition) is 1. The van der Waals surface area contributed by atoms with E-state index < -0.39 is 0 Å². The molecular formula is C16H13N3. The van der Waals surface area contributed by atoms with Crippen molar-refractivity contribution >= 4 is 16.5 Å². The third-order valence-corrected chi connectivity index (χ3v) is 3.34. The van der Waals surface area contributed by atoms with E-state index >= 15 is 0 Å². The number of aryl methyl sites for hydroxylation is 1. The van der Waals surface area contributed by atoms with Crippen molar-refractivity contribution in [3.8, 4) is 11.8 Å². The molecule has 0 bridgehead atoms. The van der Waals surface area contributed by atoms with Gasteiger partial charge in [-0.1, -0.05) is 36.4 Å². The summed E-state index contributed by atoms with van der Waals surface area (Å²) in [6, 6.07) is 15.9. The second-order valence-corrected chi connectivity index (χ2v) is 4.56. The molecule has 2 N–H and O–H groups in total. The van der Waals surface area contributed by atoms with Crippen LogP contribution in [0.4, 0.5) is 5.69 Å². The van der Waals surface area contributed by atoms with Crippen molar-refractivity contribution in [2.75, 3.05) is 5.73 Å². The molecule has 0 atom stereocenters. The van der Waals surface area contributed by atoms with Crippen LogP contribution in [0.1, 0.15) is 11.3 Å². The number of aromatic nitrogens is 1. The first-order chi connectivity index (χ1) is 9.22. The lowest BCUT2D eigenvalue weighted by molar-refractivity contribution is 1.05. The molecule has 2 aromatic carbocycles. The van der Waals surface area contributed by atoms with Crippen LogP contribution in [-0.4, -0.2) is 4.57 Å². The number of nitrogen functional groups attached to an aromatic ring is 1. The average molecular weight is 247 g/mol. The van der Waals surface area contributed by atoms with Crippen molar-refractivity contribution in [3.63, 3.8) is 0 Å². The fourth-order valence-corrected chi connectivity index (χ4v) is 2.46. The first-order valence-electron chi connectivity index (χ1n) is 6.08. The molecule has 0 saturated carbocycles. The maximum absolute atomic E-state index is 9.44. The number of para-hydroxylation sites is 1. The number of fused-ring (bicyclic) bond motifs is 1. The van der Waals surface area contributed by atoms with Gasteiger partial charge in [-0.25, -0.2) is 0 Å². The Labute approximate surface area is 111 Å². The smallest absolute Gasteiger partial charge is 0.132 e. The number of nitriles is 1. The van der Waals surface area contributed by atoms with E-state index in [1.165, 1.54) is 0 Å². The molecule has 0 fully saturated rings. The Bertz CT molecular complexity index is 786. The Kier molecular flexibility index (Phi) is 2.50. The van der Waals surface area contributed by atoms with Crippen LogP contribution in [-0.2, 0) is 0 Å². The Morgan fingerprint density at radius 3 is 2.63 bits per heavy atom. The molecule has 0 amide bonds. The molecule has 3 nitrogen and oxygen atoms in total. The number of nitrogens with zero attached hydrogens (tertiary/aromatic N) is 2. The van der Waals surface area contributed by atoms with Gasteiger partial charge in [-0.15, -0.1) is 0 Å². The van der Waals surface area contributed by atoms with Crippen LogP contribution in [0.2, 0.25) is 0 Å². The molecule has 3 heteroatoms. The van der Waals surface area contributed by atoms with Crippen molar-refractivity contribution in [3.05, 3.63) is 59.9 Å². The lowest BCUT2D eigenvalue weighted by atomic mass is 10.1. The highest BCUT2D eigenvalue weighted by molar-refractivity contribution is 5.89. The van der Waals surface area contributed by atoms with E-state index in [0.717, 1.165) is 22.0 Å². The maximum atomic E-state index is 9.44. The lowest BCUT2D eigenvalue weighted by Gasteiger charge is -2.11. The quantitative estimate of drug-likeness (QED) is 0.670. The second-order valence-electron chi connectivity index (χ2n) is 4.56. The Hall–Kier alpha value is -2.73. The molecule has 0 spiro atoms. The van der Waals surface area contributed by atoms with Gasteiger partial charge in [-0.2, -0.15) is 5.26 Å². The lowest BCUT2D eigenvalue weighted by Crippen LogP contribution is -2.03. The first-order valence-corrected chi connectivity index (χ1v) is 6.08. The molecule has 3 aromatic rings. The summed E-state index contributed by atoms with van der Waals surface area (Å²) in [5.74, 6) is 0. The predicted octanol–water partition coefficient (Wildman–Crippen LogP) is 3.39. The van der Waals surface area contributed by atoms with Crippen molar-refractivity contribution in [2.45, 2.75) is 6.92 Å². The van der Waals surface area contributed by atoms with Crippen LogP contribution in [0.15, 0.2) is 48.7 Å². The Morgan fingerprint density at radius 2 is 1.89 bits per heavy atom. The maximum Gasteiger partial charge on any atom is 0.132 e. The normalized spacial score (nSPS) is 10.5. The fraction of sp³-hybridized carbons (Fsp3) is 0.0625. The number of rotatable bonds is 1. The summed E-state index contributed by atoms with van der Waals surface area (Å²) < 4.78 is 1.88. The summed E-state index contributed by atoms with van der Waals surface area (Å²) in [4.78, 5) is 0. The molecule has 0 unspecified atom stereocenters. The van der Waals surface area contributed by atoms with Gasteiger partial charge in [0.15, 0.2) is 0 Å². The van der Waals surface area contributed by atoms with Crippen molar-refractivity contribution < 1.29 is 0 Å². The van der Waals surface area contributed by atoms with Crippen LogP contribution in [0.3, 0.4) is 0 Å². The van der Waals surface area contributed by atoms with E-state index in [1.807, 2.05) is 60.2 Å². The minimum Gasteiger partial charge on any atom is -0.397 e. The number of benzene rings is 2. The SMILES string of the molecule is Cc1cccc(N)c1-n1cc2ccccc2c1C#N. The molecule has 0 radical (unpaired) electrons. The monoisotopic (exact) mass is 247 g/mol. The molecule has 3 rings (SSSR count). The van der Waals surface area contributed by atoms with E-state index in [9.17, 15) is 5.26 Å². The largest absolute Gasteiger partial charge is 0.397 e. The van der Waals surface area contributed by atoms with E-state index in [4.69, 9.17) is 5.73 Å². The molecule has 0 aliphatic heterocycles. The highest BCUT2D eigenvalue weighted by Gasteiger charge is 2.13. The standard InChI is InChI=1S/C16H13N3/c1-11-5-4-8-14(18)16(11)19-10-12-6-2-3-7-13(12)15(19)9-17/h2-8,10H,18H2,1H3. The van der Waals surface area contributed by atoms with E-state index in [1.54, 1.807) is 0 Å². The van der Waals surface area contributed by atoms with Crippen LogP contribution < -0.4 is 5.73 Å². The third-order valence-electron chi connectivity index (χ3n) is 3.34. The van der Waals surface area contributed by atoms with Crippen molar-refractivity contribution in [1.82, 2.24) is 4.57 Å². The molecule has 0 saturated heterocycles. The first kappa shape index (κ1) is 11.4. The van der Waals surface area contributed by atoms with Crippen molar-refractivity contribution in [2.24, 2.45) is 0 Å². The van der Waals surface area contributed by atoms with Gasteiger partial charge in [0.2, 0.25) is 0 Å². The summed E-state index contributed by atoms with van der Waals surface area (Å²) in [6.45, 7) is 2.00. The summed E-state index contributed by atoms with van der Waals surface area (Å²) in [7, 11) is 0. The van der Waals surface area contributed by atoms with Crippen molar-refractivity contribution in [1.29, 1.82) is 5.26 Å². The Balaban J connectivity index is 2.41. The average Bonchev–Trinajstić information content (AvgIpc) is 2.76. The number of hydrogen-bond acceptors (Lipinski definition) is 2. The van der Waals surface area contributed by atoms with Gasteiger partial charge in [-0.3, -0.25) is 0 Å². The minimum atomic E-state index is 0.622. The minimum absolute atomic E-state index is 0.622. The number of nitrogens with two attached hydrogens (primary N) is 1.